The summed E-state index contributed by atoms with van der Waals surface area (Å²) in [7, 11) is 0. The van der Waals surface area contributed by atoms with E-state index in [1.807, 2.05) is 15.9 Å². The number of amides is 3. The fourth-order valence-electron chi connectivity index (χ4n) is 5.55. The maximum Gasteiger partial charge on any atom is 0.317 e. The normalized spacial score (nSPS) is 21.9. The van der Waals surface area contributed by atoms with Crippen LogP contribution in [0.25, 0.3) is 0 Å². The Labute approximate surface area is 204 Å². The zero-order valence-electron chi connectivity index (χ0n) is 19.5. The Morgan fingerprint density at radius 1 is 1.00 bits per heavy atom. The van der Waals surface area contributed by atoms with Crippen LogP contribution >= 0.6 is 11.3 Å². The Morgan fingerprint density at radius 3 is 2.53 bits per heavy atom. The first-order chi connectivity index (χ1) is 16.6. The number of hydrogen-bond acceptors (Lipinski definition) is 4. The topological polar surface area (TPSA) is 55.9 Å². The van der Waals surface area contributed by atoms with Crippen molar-refractivity contribution in [2.75, 3.05) is 39.3 Å². The standard InChI is InChI=1S/C26H33FN4O2S/c27-20-6-4-5-19(17-20)25-22-10-16-34-23(22)9-11-31(25)18-24(32)29-12-14-30(15-13-29)26(33)28-21-7-2-1-3-8-21/h4-6,10,16-17,21,25H,1-3,7-9,11-15,18H2,(H,28,33). The van der Waals surface area contributed by atoms with E-state index in [1.54, 1.807) is 23.5 Å². The van der Waals surface area contributed by atoms with Gasteiger partial charge >= 0.3 is 6.03 Å². The lowest BCUT2D eigenvalue weighted by Crippen LogP contribution is -2.56. The summed E-state index contributed by atoms with van der Waals surface area (Å²) in [4.78, 5) is 33.1. The Hall–Kier alpha value is -2.45. The van der Waals surface area contributed by atoms with Crippen molar-refractivity contribution in [1.29, 1.82) is 0 Å². The summed E-state index contributed by atoms with van der Waals surface area (Å²) >= 11 is 1.73. The van der Waals surface area contributed by atoms with Crippen LogP contribution in [-0.4, -0.2) is 71.9 Å². The lowest BCUT2D eigenvalue weighted by atomic mass is 9.93. The van der Waals surface area contributed by atoms with Gasteiger partial charge in [-0.2, -0.15) is 0 Å². The highest BCUT2D eigenvalue weighted by atomic mass is 32.1. The van der Waals surface area contributed by atoms with Crippen molar-refractivity contribution >= 4 is 23.3 Å². The monoisotopic (exact) mass is 484 g/mol. The predicted octanol–water partition coefficient (Wildman–Crippen LogP) is 4.02. The molecule has 0 bridgehead atoms. The van der Waals surface area contributed by atoms with E-state index in [9.17, 15) is 14.0 Å². The third kappa shape index (κ3) is 5.13. The summed E-state index contributed by atoms with van der Waals surface area (Å²) in [5.41, 5.74) is 2.07. The average molecular weight is 485 g/mol. The number of piperazine rings is 1. The number of carbonyl (C=O) groups is 2. The van der Waals surface area contributed by atoms with E-state index in [2.05, 4.69) is 21.7 Å². The highest BCUT2D eigenvalue weighted by Crippen LogP contribution is 2.37. The van der Waals surface area contributed by atoms with Gasteiger partial charge in [0.15, 0.2) is 0 Å². The van der Waals surface area contributed by atoms with E-state index >= 15 is 0 Å². The molecule has 1 aliphatic carbocycles. The Kier molecular flexibility index (Phi) is 7.15. The van der Waals surface area contributed by atoms with Gasteiger partial charge in [-0.25, -0.2) is 9.18 Å². The van der Waals surface area contributed by atoms with Gasteiger partial charge in [0.05, 0.1) is 12.6 Å². The van der Waals surface area contributed by atoms with Crippen molar-refractivity contribution in [3.8, 4) is 0 Å². The summed E-state index contributed by atoms with van der Waals surface area (Å²) in [6.07, 6.45) is 6.68. The van der Waals surface area contributed by atoms with Crippen LogP contribution in [0.3, 0.4) is 0 Å². The van der Waals surface area contributed by atoms with Crippen LogP contribution in [0, 0.1) is 5.82 Å². The molecule has 1 saturated heterocycles. The fourth-order valence-corrected chi connectivity index (χ4v) is 6.46. The zero-order chi connectivity index (χ0) is 23.5. The first-order valence-electron chi connectivity index (χ1n) is 12.5. The second-order valence-corrected chi connectivity index (χ2v) is 10.6. The molecule has 1 unspecified atom stereocenters. The van der Waals surface area contributed by atoms with Crippen LogP contribution < -0.4 is 5.32 Å². The molecule has 1 saturated carbocycles. The molecule has 34 heavy (non-hydrogen) atoms. The number of nitrogens with zero attached hydrogens (tertiary/aromatic N) is 3. The molecular weight excluding hydrogens is 451 g/mol. The minimum absolute atomic E-state index is 0.00573. The summed E-state index contributed by atoms with van der Waals surface area (Å²) in [5.74, 6) is -0.179. The van der Waals surface area contributed by atoms with Gasteiger partial charge in [-0.05, 0) is 54.0 Å². The van der Waals surface area contributed by atoms with Crippen LogP contribution in [0.15, 0.2) is 35.7 Å². The minimum Gasteiger partial charge on any atom is -0.338 e. The van der Waals surface area contributed by atoms with Crippen molar-refractivity contribution in [3.05, 3.63) is 57.5 Å². The van der Waals surface area contributed by atoms with Crippen LogP contribution in [0.5, 0.6) is 0 Å². The number of nitrogens with one attached hydrogen (secondary N) is 1. The lowest BCUT2D eigenvalue weighted by molar-refractivity contribution is -0.134. The smallest absolute Gasteiger partial charge is 0.317 e. The van der Waals surface area contributed by atoms with Gasteiger partial charge < -0.3 is 15.1 Å². The molecule has 2 aromatic rings. The van der Waals surface area contributed by atoms with E-state index in [4.69, 9.17) is 0 Å². The molecule has 8 heteroatoms. The van der Waals surface area contributed by atoms with Crippen molar-refractivity contribution in [3.63, 3.8) is 0 Å². The highest BCUT2D eigenvalue weighted by molar-refractivity contribution is 7.10. The third-order valence-corrected chi connectivity index (χ3v) is 8.42. The summed E-state index contributed by atoms with van der Waals surface area (Å²) in [6.45, 7) is 3.30. The van der Waals surface area contributed by atoms with Crippen molar-refractivity contribution in [2.45, 2.75) is 50.6 Å². The number of halogens is 1. The second-order valence-electron chi connectivity index (χ2n) is 9.63. The number of thiophene rings is 1. The van der Waals surface area contributed by atoms with E-state index in [1.165, 1.54) is 35.8 Å². The van der Waals surface area contributed by atoms with Crippen LogP contribution in [0.4, 0.5) is 9.18 Å². The highest BCUT2D eigenvalue weighted by Gasteiger charge is 2.33. The molecule has 2 aliphatic heterocycles. The molecule has 1 atom stereocenters. The maximum absolute atomic E-state index is 14.0. The van der Waals surface area contributed by atoms with Crippen LogP contribution in [0.2, 0.25) is 0 Å². The summed E-state index contributed by atoms with van der Waals surface area (Å²) in [6, 6.07) is 9.02. The number of carbonyl (C=O) groups excluding carboxylic acids is 2. The molecular formula is C26H33FN4O2S. The van der Waals surface area contributed by atoms with Crippen molar-refractivity contribution < 1.29 is 14.0 Å². The molecule has 6 nitrogen and oxygen atoms in total. The largest absolute Gasteiger partial charge is 0.338 e. The first kappa shape index (κ1) is 23.3. The summed E-state index contributed by atoms with van der Waals surface area (Å²) in [5, 5.41) is 5.26. The van der Waals surface area contributed by atoms with Gasteiger partial charge in [0, 0.05) is 43.6 Å². The summed E-state index contributed by atoms with van der Waals surface area (Å²) < 4.78 is 14.0. The molecule has 3 aliphatic rings. The Morgan fingerprint density at radius 2 is 1.76 bits per heavy atom. The molecule has 1 aromatic carbocycles. The van der Waals surface area contributed by atoms with Gasteiger partial charge in [0.2, 0.25) is 5.91 Å². The quantitative estimate of drug-likeness (QED) is 0.713. The number of rotatable bonds is 4. The SMILES string of the molecule is O=C(CN1CCc2sccc2C1c1cccc(F)c1)N1CCN(C(=O)NC2CCCCC2)CC1. The molecule has 2 fully saturated rings. The molecule has 1 N–H and O–H groups in total. The van der Waals surface area contributed by atoms with E-state index in [-0.39, 0.29) is 23.8 Å². The lowest BCUT2D eigenvalue weighted by Gasteiger charge is -2.39. The molecule has 5 rings (SSSR count). The average Bonchev–Trinajstić information content (AvgIpc) is 3.33. The molecule has 182 valence electrons. The zero-order valence-corrected chi connectivity index (χ0v) is 20.4. The molecule has 1 aromatic heterocycles. The van der Waals surface area contributed by atoms with Crippen LogP contribution in [-0.2, 0) is 11.2 Å². The van der Waals surface area contributed by atoms with Gasteiger partial charge in [-0.15, -0.1) is 11.3 Å². The molecule has 0 radical (unpaired) electrons. The van der Waals surface area contributed by atoms with Gasteiger partial charge in [0.1, 0.15) is 5.82 Å². The minimum atomic E-state index is -0.256. The number of hydrogen-bond donors (Lipinski definition) is 1. The van der Waals surface area contributed by atoms with E-state index in [0.29, 0.717) is 38.8 Å². The third-order valence-electron chi connectivity index (χ3n) is 7.42. The maximum atomic E-state index is 14.0. The molecule has 3 amide bonds. The second kappa shape index (κ2) is 10.4. The van der Waals surface area contributed by atoms with Gasteiger partial charge in [-0.3, -0.25) is 9.69 Å². The Balaban J connectivity index is 1.20. The predicted molar refractivity (Wildman–Crippen MR) is 131 cm³/mol. The number of urea groups is 1. The number of fused-ring (bicyclic) bond motifs is 1. The van der Waals surface area contributed by atoms with Crippen molar-refractivity contribution in [2.24, 2.45) is 0 Å². The molecule has 0 spiro atoms. The first-order valence-corrected chi connectivity index (χ1v) is 13.4. The van der Waals surface area contributed by atoms with Crippen molar-refractivity contribution in [1.82, 2.24) is 20.0 Å². The van der Waals surface area contributed by atoms with Crippen LogP contribution in [0.1, 0.15) is 54.1 Å². The number of benzene rings is 1. The van der Waals surface area contributed by atoms with Gasteiger partial charge in [0.25, 0.3) is 0 Å². The van der Waals surface area contributed by atoms with E-state index in [0.717, 1.165) is 31.4 Å². The molecule has 3 heterocycles. The van der Waals surface area contributed by atoms with Gasteiger partial charge in [-0.1, -0.05) is 31.4 Å². The fraction of sp³-hybridized carbons (Fsp3) is 0.538. The van der Waals surface area contributed by atoms with E-state index < -0.39 is 0 Å². The Bertz CT molecular complexity index is 1010.